The molecule has 0 bridgehead atoms. The van der Waals surface area contributed by atoms with Crippen LogP contribution in [0.4, 0.5) is 4.39 Å². The van der Waals surface area contributed by atoms with Crippen LogP contribution in [0, 0.1) is 11.7 Å². The van der Waals surface area contributed by atoms with Crippen LogP contribution in [0.15, 0.2) is 22.7 Å². The first kappa shape index (κ1) is 13.0. The zero-order chi connectivity index (χ0) is 12.3. The molecule has 3 heteroatoms. The van der Waals surface area contributed by atoms with E-state index in [2.05, 4.69) is 28.2 Å². The van der Waals surface area contributed by atoms with E-state index in [0.717, 1.165) is 22.5 Å². The molecule has 0 unspecified atom stereocenters. The van der Waals surface area contributed by atoms with Crippen LogP contribution in [-0.4, -0.2) is 6.04 Å². The summed E-state index contributed by atoms with van der Waals surface area (Å²) in [6.07, 6.45) is 5.12. The van der Waals surface area contributed by atoms with Gasteiger partial charge in [0, 0.05) is 17.1 Å². The molecule has 94 valence electrons. The van der Waals surface area contributed by atoms with Crippen LogP contribution in [-0.2, 0) is 6.54 Å². The number of benzene rings is 1. The predicted molar refractivity (Wildman–Crippen MR) is 72.4 cm³/mol. The van der Waals surface area contributed by atoms with Gasteiger partial charge in [0.05, 0.1) is 0 Å². The van der Waals surface area contributed by atoms with Gasteiger partial charge in [-0.3, -0.25) is 0 Å². The van der Waals surface area contributed by atoms with Gasteiger partial charge in [-0.1, -0.05) is 22.9 Å². The lowest BCUT2D eigenvalue weighted by Crippen LogP contribution is -2.32. The van der Waals surface area contributed by atoms with Crippen molar-refractivity contribution in [3.63, 3.8) is 0 Å². The number of rotatable bonds is 3. The Morgan fingerprint density at radius 1 is 1.24 bits per heavy atom. The van der Waals surface area contributed by atoms with E-state index in [0.29, 0.717) is 6.04 Å². The number of hydrogen-bond donors (Lipinski definition) is 1. The minimum atomic E-state index is -0.173. The monoisotopic (exact) mass is 299 g/mol. The summed E-state index contributed by atoms with van der Waals surface area (Å²) in [6.45, 7) is 3.08. The SMILES string of the molecule is CC1CCC(NCc2cc(F)cc(Br)c2)CC1. The summed E-state index contributed by atoms with van der Waals surface area (Å²) in [5.41, 5.74) is 1.01. The summed E-state index contributed by atoms with van der Waals surface area (Å²) in [5.74, 6) is 0.699. The van der Waals surface area contributed by atoms with Crippen molar-refractivity contribution < 1.29 is 4.39 Å². The van der Waals surface area contributed by atoms with Crippen LogP contribution in [0.25, 0.3) is 0 Å². The molecule has 1 fully saturated rings. The molecule has 0 radical (unpaired) electrons. The van der Waals surface area contributed by atoms with Gasteiger partial charge in [0.25, 0.3) is 0 Å². The van der Waals surface area contributed by atoms with E-state index in [4.69, 9.17) is 0 Å². The average Bonchev–Trinajstić information content (AvgIpc) is 2.27. The van der Waals surface area contributed by atoms with Gasteiger partial charge in [-0.05, 0) is 55.4 Å². The van der Waals surface area contributed by atoms with Crippen LogP contribution in [0.2, 0.25) is 0 Å². The molecular weight excluding hydrogens is 281 g/mol. The average molecular weight is 300 g/mol. The number of hydrogen-bond acceptors (Lipinski definition) is 1. The maximum Gasteiger partial charge on any atom is 0.124 e. The van der Waals surface area contributed by atoms with E-state index in [1.165, 1.54) is 31.7 Å². The van der Waals surface area contributed by atoms with E-state index in [-0.39, 0.29) is 5.82 Å². The standard InChI is InChI=1S/C14H19BrFN/c1-10-2-4-14(5-3-10)17-9-11-6-12(15)8-13(16)7-11/h6-8,10,14,17H,2-5,9H2,1H3. The normalized spacial score (nSPS) is 24.9. The van der Waals surface area contributed by atoms with Crippen LogP contribution in [0.1, 0.15) is 38.2 Å². The van der Waals surface area contributed by atoms with Crippen molar-refractivity contribution in [2.45, 2.75) is 45.2 Å². The Morgan fingerprint density at radius 2 is 1.94 bits per heavy atom. The smallest absolute Gasteiger partial charge is 0.124 e. The van der Waals surface area contributed by atoms with Crippen molar-refractivity contribution >= 4 is 15.9 Å². The zero-order valence-corrected chi connectivity index (χ0v) is 11.8. The van der Waals surface area contributed by atoms with Gasteiger partial charge >= 0.3 is 0 Å². The molecule has 0 aromatic heterocycles. The molecule has 0 heterocycles. The molecule has 0 amide bonds. The third-order valence-electron chi connectivity index (χ3n) is 3.53. The van der Waals surface area contributed by atoms with E-state index >= 15 is 0 Å². The molecule has 0 spiro atoms. The fraction of sp³-hybridized carbons (Fsp3) is 0.571. The first-order valence-electron chi connectivity index (χ1n) is 6.32. The second-order valence-corrected chi connectivity index (χ2v) is 6.03. The minimum absolute atomic E-state index is 0.173. The van der Waals surface area contributed by atoms with E-state index in [9.17, 15) is 4.39 Å². The van der Waals surface area contributed by atoms with Crippen LogP contribution in [0.3, 0.4) is 0 Å². The van der Waals surface area contributed by atoms with Crippen molar-refractivity contribution in [1.82, 2.24) is 5.32 Å². The molecule has 2 rings (SSSR count). The molecule has 1 nitrogen and oxygen atoms in total. The Kier molecular flexibility index (Phi) is 4.57. The highest BCUT2D eigenvalue weighted by Crippen LogP contribution is 2.24. The summed E-state index contributed by atoms with van der Waals surface area (Å²) in [7, 11) is 0. The van der Waals surface area contributed by atoms with E-state index in [1.807, 2.05) is 6.07 Å². The molecule has 1 aliphatic carbocycles. The third-order valence-corrected chi connectivity index (χ3v) is 3.99. The van der Waals surface area contributed by atoms with Crippen molar-refractivity contribution in [3.8, 4) is 0 Å². The largest absolute Gasteiger partial charge is 0.310 e. The van der Waals surface area contributed by atoms with Crippen LogP contribution in [0.5, 0.6) is 0 Å². The Balaban J connectivity index is 1.85. The van der Waals surface area contributed by atoms with E-state index in [1.54, 1.807) is 6.07 Å². The Morgan fingerprint density at radius 3 is 2.59 bits per heavy atom. The zero-order valence-electron chi connectivity index (χ0n) is 10.2. The second kappa shape index (κ2) is 5.96. The minimum Gasteiger partial charge on any atom is -0.310 e. The van der Waals surface area contributed by atoms with Crippen molar-refractivity contribution in [3.05, 3.63) is 34.1 Å². The van der Waals surface area contributed by atoms with Gasteiger partial charge in [-0.25, -0.2) is 4.39 Å². The van der Waals surface area contributed by atoms with Crippen LogP contribution < -0.4 is 5.32 Å². The maximum absolute atomic E-state index is 13.2. The molecule has 0 aliphatic heterocycles. The highest BCUT2D eigenvalue weighted by molar-refractivity contribution is 9.10. The highest BCUT2D eigenvalue weighted by Gasteiger charge is 2.17. The van der Waals surface area contributed by atoms with Gasteiger partial charge < -0.3 is 5.32 Å². The lowest BCUT2D eigenvalue weighted by Gasteiger charge is -2.27. The number of nitrogens with one attached hydrogen (secondary N) is 1. The summed E-state index contributed by atoms with van der Waals surface area (Å²) < 4.78 is 14.0. The first-order chi connectivity index (χ1) is 8.13. The van der Waals surface area contributed by atoms with Gasteiger partial charge in [0.1, 0.15) is 5.82 Å². The highest BCUT2D eigenvalue weighted by atomic mass is 79.9. The van der Waals surface area contributed by atoms with Gasteiger partial charge in [-0.15, -0.1) is 0 Å². The Bertz CT molecular complexity index is 352. The maximum atomic E-state index is 13.2. The summed E-state index contributed by atoms with van der Waals surface area (Å²) >= 11 is 3.32. The lowest BCUT2D eigenvalue weighted by molar-refractivity contribution is 0.306. The summed E-state index contributed by atoms with van der Waals surface area (Å²) in [5, 5.41) is 3.53. The molecule has 1 saturated carbocycles. The van der Waals surface area contributed by atoms with Gasteiger partial charge in [0.2, 0.25) is 0 Å². The molecule has 17 heavy (non-hydrogen) atoms. The fourth-order valence-electron chi connectivity index (χ4n) is 2.44. The summed E-state index contributed by atoms with van der Waals surface area (Å²) in [4.78, 5) is 0. The first-order valence-corrected chi connectivity index (χ1v) is 7.11. The molecule has 0 atom stereocenters. The topological polar surface area (TPSA) is 12.0 Å². The molecule has 1 aliphatic rings. The summed E-state index contributed by atoms with van der Waals surface area (Å²) in [6, 6.07) is 5.67. The molecule has 1 aromatic carbocycles. The van der Waals surface area contributed by atoms with Crippen molar-refractivity contribution in [2.75, 3.05) is 0 Å². The molecule has 1 aromatic rings. The fourth-order valence-corrected chi connectivity index (χ4v) is 2.95. The lowest BCUT2D eigenvalue weighted by atomic mass is 9.87. The van der Waals surface area contributed by atoms with E-state index < -0.39 is 0 Å². The molecular formula is C14H19BrFN. The Hall–Kier alpha value is -0.410. The van der Waals surface area contributed by atoms with Crippen molar-refractivity contribution in [1.29, 1.82) is 0 Å². The number of halogens is 2. The van der Waals surface area contributed by atoms with Crippen molar-refractivity contribution in [2.24, 2.45) is 5.92 Å². The third kappa shape index (κ3) is 4.07. The van der Waals surface area contributed by atoms with Crippen LogP contribution >= 0.6 is 15.9 Å². The molecule has 1 N–H and O–H groups in total. The van der Waals surface area contributed by atoms with Gasteiger partial charge in [-0.2, -0.15) is 0 Å². The second-order valence-electron chi connectivity index (χ2n) is 5.12. The quantitative estimate of drug-likeness (QED) is 0.879. The molecule has 0 saturated heterocycles. The van der Waals surface area contributed by atoms with Gasteiger partial charge in [0.15, 0.2) is 0 Å². The Labute approximate surface area is 111 Å². The predicted octanol–water partition coefficient (Wildman–Crippen LogP) is 4.26.